The molecule has 25 heavy (non-hydrogen) atoms. The number of thioether (sulfide) groups is 1. The summed E-state index contributed by atoms with van der Waals surface area (Å²) in [6.45, 7) is 6.67. The average molecular weight is 351 g/mol. The summed E-state index contributed by atoms with van der Waals surface area (Å²) in [4.78, 5) is 23.9. The molecule has 3 aromatic rings. The highest BCUT2D eigenvalue weighted by Crippen LogP contribution is 2.43. The van der Waals surface area contributed by atoms with E-state index < -0.39 is 5.41 Å². The minimum Gasteiger partial charge on any atom is -0.338 e. The van der Waals surface area contributed by atoms with Gasteiger partial charge >= 0.3 is 0 Å². The molecular formula is C20H21N3OS. The number of nitrogens with one attached hydrogen (secondary N) is 1. The number of aromatic amines is 1. The van der Waals surface area contributed by atoms with Gasteiger partial charge in [-0.15, -0.1) is 11.8 Å². The molecular weight excluding hydrogens is 330 g/mol. The molecule has 0 radical (unpaired) electrons. The predicted molar refractivity (Wildman–Crippen MR) is 104 cm³/mol. The molecule has 1 aromatic heterocycles. The molecule has 0 saturated carbocycles. The Labute approximate surface area is 151 Å². The third-order valence-electron chi connectivity index (χ3n) is 5.02. The number of H-pyrrole nitrogens is 1. The Balaban J connectivity index is 1.84. The molecule has 0 atom stereocenters. The van der Waals surface area contributed by atoms with E-state index in [1.807, 2.05) is 25.7 Å². The molecule has 0 saturated heterocycles. The van der Waals surface area contributed by atoms with Crippen molar-refractivity contribution < 1.29 is 4.79 Å². The Morgan fingerprint density at radius 2 is 1.92 bits per heavy atom. The van der Waals surface area contributed by atoms with E-state index in [0.717, 1.165) is 33.7 Å². The fraction of sp³-hybridized carbons (Fsp3) is 0.300. The van der Waals surface area contributed by atoms with Crippen molar-refractivity contribution in [2.24, 2.45) is 0 Å². The Hall–Kier alpha value is -2.27. The van der Waals surface area contributed by atoms with Crippen molar-refractivity contribution in [3.63, 3.8) is 0 Å². The van der Waals surface area contributed by atoms with Gasteiger partial charge in [0.05, 0.1) is 22.1 Å². The molecule has 4 rings (SSSR count). The first-order valence-corrected chi connectivity index (χ1v) is 9.69. The SMILES string of the molecule is CCN1C(=O)C(C)(C)c2cc3nc(-c4ccc(SC)cc4)[nH]c3cc21. The molecule has 0 bridgehead atoms. The zero-order valence-corrected chi connectivity index (χ0v) is 15.7. The van der Waals surface area contributed by atoms with Crippen LogP contribution in [0.15, 0.2) is 41.3 Å². The fourth-order valence-corrected chi connectivity index (χ4v) is 3.94. The van der Waals surface area contributed by atoms with Gasteiger partial charge in [-0.05, 0) is 56.9 Å². The highest BCUT2D eigenvalue weighted by Gasteiger charge is 2.43. The first-order valence-electron chi connectivity index (χ1n) is 8.46. The van der Waals surface area contributed by atoms with Crippen molar-refractivity contribution in [2.45, 2.75) is 31.1 Å². The van der Waals surface area contributed by atoms with E-state index in [-0.39, 0.29) is 5.91 Å². The molecule has 0 fully saturated rings. The van der Waals surface area contributed by atoms with Crippen LogP contribution in [0.25, 0.3) is 22.4 Å². The van der Waals surface area contributed by atoms with Gasteiger partial charge in [-0.3, -0.25) is 4.79 Å². The first kappa shape index (κ1) is 16.2. The number of amides is 1. The number of nitrogens with zero attached hydrogens (tertiary/aromatic N) is 2. The average Bonchev–Trinajstić information content (AvgIpc) is 3.11. The number of likely N-dealkylation sites (N-methyl/N-ethyl adjacent to an activating group) is 1. The van der Waals surface area contributed by atoms with Crippen LogP contribution in [0.4, 0.5) is 5.69 Å². The highest BCUT2D eigenvalue weighted by molar-refractivity contribution is 7.98. The number of aromatic nitrogens is 2. The molecule has 5 heteroatoms. The van der Waals surface area contributed by atoms with Crippen LogP contribution in [0.1, 0.15) is 26.3 Å². The van der Waals surface area contributed by atoms with Crippen LogP contribution < -0.4 is 4.90 Å². The van der Waals surface area contributed by atoms with Crippen molar-refractivity contribution >= 4 is 34.4 Å². The Morgan fingerprint density at radius 1 is 1.20 bits per heavy atom. The number of rotatable bonds is 3. The van der Waals surface area contributed by atoms with E-state index in [2.05, 4.69) is 47.6 Å². The van der Waals surface area contributed by atoms with E-state index in [0.29, 0.717) is 6.54 Å². The van der Waals surface area contributed by atoms with E-state index in [1.165, 1.54) is 4.90 Å². The molecule has 1 aliphatic rings. The second kappa shape index (κ2) is 5.63. The third kappa shape index (κ3) is 2.37. The van der Waals surface area contributed by atoms with E-state index >= 15 is 0 Å². The summed E-state index contributed by atoms with van der Waals surface area (Å²) in [7, 11) is 0. The summed E-state index contributed by atoms with van der Waals surface area (Å²) in [6.07, 6.45) is 2.07. The van der Waals surface area contributed by atoms with Gasteiger partial charge in [0.1, 0.15) is 5.82 Å². The molecule has 1 aliphatic heterocycles. The molecule has 2 aromatic carbocycles. The monoisotopic (exact) mass is 351 g/mol. The number of hydrogen-bond donors (Lipinski definition) is 1. The number of fused-ring (bicyclic) bond motifs is 2. The Morgan fingerprint density at radius 3 is 2.56 bits per heavy atom. The summed E-state index contributed by atoms with van der Waals surface area (Å²) >= 11 is 1.73. The molecule has 0 spiro atoms. The van der Waals surface area contributed by atoms with Crippen LogP contribution in [0.2, 0.25) is 0 Å². The highest BCUT2D eigenvalue weighted by atomic mass is 32.2. The van der Waals surface area contributed by atoms with Crippen molar-refractivity contribution in [1.82, 2.24) is 9.97 Å². The van der Waals surface area contributed by atoms with Crippen molar-refractivity contribution in [2.75, 3.05) is 17.7 Å². The molecule has 2 heterocycles. The lowest BCUT2D eigenvalue weighted by molar-refractivity contribution is -0.122. The van der Waals surface area contributed by atoms with Gasteiger partial charge in [0.25, 0.3) is 0 Å². The fourth-order valence-electron chi connectivity index (χ4n) is 3.53. The second-order valence-corrected chi connectivity index (χ2v) is 7.75. The largest absolute Gasteiger partial charge is 0.338 e. The summed E-state index contributed by atoms with van der Waals surface area (Å²) in [5.41, 5.74) is 4.49. The summed E-state index contributed by atoms with van der Waals surface area (Å²) in [6, 6.07) is 12.5. The number of anilines is 1. The Bertz CT molecular complexity index is 973. The maximum atomic E-state index is 12.7. The summed E-state index contributed by atoms with van der Waals surface area (Å²) in [5, 5.41) is 0. The number of hydrogen-bond acceptors (Lipinski definition) is 3. The van der Waals surface area contributed by atoms with E-state index in [9.17, 15) is 4.79 Å². The minimum atomic E-state index is -0.501. The normalized spacial score (nSPS) is 15.8. The Kier molecular flexibility index (Phi) is 3.65. The maximum absolute atomic E-state index is 12.7. The van der Waals surface area contributed by atoms with Gasteiger partial charge in [-0.2, -0.15) is 0 Å². The van der Waals surface area contributed by atoms with Crippen LogP contribution in [0.3, 0.4) is 0 Å². The molecule has 1 N–H and O–H groups in total. The maximum Gasteiger partial charge on any atom is 0.237 e. The van der Waals surface area contributed by atoms with Crippen LogP contribution in [-0.2, 0) is 10.2 Å². The number of benzene rings is 2. The topological polar surface area (TPSA) is 49.0 Å². The standard InChI is InChI=1S/C20H21N3OS/c1-5-23-17-11-16-15(10-14(17)20(2,3)19(23)24)21-18(22-16)12-6-8-13(25-4)9-7-12/h6-11H,5H2,1-4H3,(H,21,22). The van der Waals surface area contributed by atoms with Crippen molar-refractivity contribution in [1.29, 1.82) is 0 Å². The first-order chi connectivity index (χ1) is 12.0. The predicted octanol–water partition coefficient (Wildman–Crippen LogP) is 4.60. The number of carbonyl (C=O) groups excluding carboxylic acids is 1. The minimum absolute atomic E-state index is 0.158. The van der Waals surface area contributed by atoms with Gasteiger partial charge in [0.2, 0.25) is 5.91 Å². The van der Waals surface area contributed by atoms with Crippen molar-refractivity contribution in [3.05, 3.63) is 42.0 Å². The molecule has 4 nitrogen and oxygen atoms in total. The van der Waals surface area contributed by atoms with Gasteiger partial charge in [0, 0.05) is 17.0 Å². The molecule has 0 aliphatic carbocycles. The van der Waals surface area contributed by atoms with Gasteiger partial charge in [0.15, 0.2) is 0 Å². The van der Waals surface area contributed by atoms with Crippen LogP contribution >= 0.6 is 11.8 Å². The molecule has 128 valence electrons. The lowest BCUT2D eigenvalue weighted by Gasteiger charge is -2.18. The summed E-state index contributed by atoms with van der Waals surface area (Å²) in [5.74, 6) is 1.02. The zero-order chi connectivity index (χ0) is 17.8. The summed E-state index contributed by atoms with van der Waals surface area (Å²) < 4.78 is 0. The lowest BCUT2D eigenvalue weighted by Crippen LogP contribution is -2.35. The quantitative estimate of drug-likeness (QED) is 0.702. The van der Waals surface area contributed by atoms with Crippen LogP contribution in [0, 0.1) is 0 Å². The lowest BCUT2D eigenvalue weighted by atomic mass is 9.86. The van der Waals surface area contributed by atoms with E-state index in [4.69, 9.17) is 4.98 Å². The third-order valence-corrected chi connectivity index (χ3v) is 5.77. The molecule has 1 amide bonds. The smallest absolute Gasteiger partial charge is 0.237 e. The number of imidazole rings is 1. The van der Waals surface area contributed by atoms with Crippen molar-refractivity contribution in [3.8, 4) is 11.4 Å². The number of carbonyl (C=O) groups is 1. The van der Waals surface area contributed by atoms with Crippen LogP contribution in [0.5, 0.6) is 0 Å². The zero-order valence-electron chi connectivity index (χ0n) is 14.9. The van der Waals surface area contributed by atoms with Gasteiger partial charge in [-0.1, -0.05) is 12.1 Å². The van der Waals surface area contributed by atoms with Gasteiger partial charge in [-0.25, -0.2) is 4.98 Å². The van der Waals surface area contributed by atoms with Crippen LogP contribution in [-0.4, -0.2) is 28.7 Å². The van der Waals surface area contributed by atoms with E-state index in [1.54, 1.807) is 11.8 Å². The van der Waals surface area contributed by atoms with Gasteiger partial charge < -0.3 is 9.88 Å². The second-order valence-electron chi connectivity index (χ2n) is 6.87. The molecule has 0 unspecified atom stereocenters.